The summed E-state index contributed by atoms with van der Waals surface area (Å²) in [6.45, 7) is 9.78. The van der Waals surface area contributed by atoms with Crippen LogP contribution >= 0.6 is 0 Å². The summed E-state index contributed by atoms with van der Waals surface area (Å²) in [5.41, 5.74) is 1.03. The van der Waals surface area contributed by atoms with Crippen LogP contribution in [0.4, 0.5) is 51.1 Å². The number of benzene rings is 2. The van der Waals surface area contributed by atoms with Gasteiger partial charge in [0, 0.05) is 110 Å². The fraction of sp³-hybridized carbons (Fsp3) is 0.448. The van der Waals surface area contributed by atoms with E-state index >= 15 is 0 Å². The molecule has 0 aliphatic heterocycles. The van der Waals surface area contributed by atoms with Crippen LogP contribution in [0.2, 0.25) is 0 Å². The summed E-state index contributed by atoms with van der Waals surface area (Å²) in [7, 11) is 8.25. The van der Waals surface area contributed by atoms with E-state index in [2.05, 4.69) is 57.5 Å². The number of hydrogen-bond acceptors (Lipinski definition) is 21. The first-order valence-electron chi connectivity index (χ1n) is 32.5. The lowest BCUT2D eigenvalue weighted by molar-refractivity contribution is -0.129. The summed E-state index contributed by atoms with van der Waals surface area (Å²) in [5.74, 6) is -1.43. The number of nitrogens with zero attached hydrogens (tertiary/aromatic N) is 8. The van der Waals surface area contributed by atoms with Gasteiger partial charge in [0.2, 0.25) is 41.3 Å². The number of nitrogens with one attached hydrogen (secondary N) is 8. The molecule has 0 aliphatic rings. The molecule has 101 heavy (non-hydrogen) atoms. The van der Waals surface area contributed by atoms with Gasteiger partial charge in [-0.3, -0.25) is 44.2 Å². The highest BCUT2D eigenvalue weighted by Crippen LogP contribution is 2.27. The summed E-state index contributed by atoms with van der Waals surface area (Å²) in [6, 6.07) is 19.5. The van der Waals surface area contributed by atoms with E-state index in [9.17, 15) is 38.4 Å². The molecule has 0 atom stereocenters. The van der Waals surface area contributed by atoms with Crippen molar-refractivity contribution < 1.29 is 85.7 Å². The molecule has 34 nitrogen and oxygen atoms in total. The van der Waals surface area contributed by atoms with Crippen LogP contribution in [0.25, 0.3) is 0 Å². The highest BCUT2D eigenvalue weighted by Gasteiger charge is 2.32. The molecule has 0 saturated heterocycles. The number of imidazole rings is 3. The summed E-state index contributed by atoms with van der Waals surface area (Å²) in [6.07, 6.45) is 8.19. The lowest BCUT2D eigenvalue weighted by atomic mass is 9.88. The Kier molecular flexibility index (Phi) is 31.9. The molecule has 8 N–H and O–H groups in total. The molecule has 0 radical (unpaired) electrons. The zero-order chi connectivity index (χ0) is 72.4. The van der Waals surface area contributed by atoms with E-state index in [1.807, 2.05) is 30.3 Å². The number of ether oxygens (including phenoxy) is 10. The lowest BCUT2D eigenvalue weighted by Gasteiger charge is -2.22. The van der Waals surface area contributed by atoms with Crippen LogP contribution in [-0.2, 0) is 108 Å². The number of carbonyl (C=O) groups excluding carboxylic acids is 8. The number of carbonyl (C=O) groups is 8. The normalized spacial score (nSPS) is 11.2. The molecule has 2 aromatic carbocycles. The molecule has 7 aromatic rings. The second-order valence-corrected chi connectivity index (χ2v) is 23.3. The Morgan fingerprint density at radius 3 is 1.45 bits per heavy atom. The van der Waals surface area contributed by atoms with Gasteiger partial charge in [-0.05, 0) is 29.8 Å². The molecule has 0 bridgehead atoms. The monoisotopic (exact) mass is 1410 g/mol. The molecule has 8 amide bonds. The van der Waals surface area contributed by atoms with E-state index in [1.165, 1.54) is 33.8 Å². The van der Waals surface area contributed by atoms with Gasteiger partial charge in [0.25, 0.3) is 11.8 Å². The van der Waals surface area contributed by atoms with Crippen molar-refractivity contribution in [3.8, 4) is 5.75 Å². The minimum Gasteiger partial charge on any atom is -0.491 e. The van der Waals surface area contributed by atoms with Crippen molar-refractivity contribution in [3.05, 3.63) is 121 Å². The van der Waals surface area contributed by atoms with Crippen LogP contribution in [-0.4, -0.2) is 198 Å². The molecule has 0 unspecified atom stereocenters. The van der Waals surface area contributed by atoms with Gasteiger partial charge in [0.1, 0.15) is 30.6 Å². The number of anilines is 8. The molecule has 0 spiro atoms. The topological polar surface area (TPSA) is 388 Å². The first-order chi connectivity index (χ1) is 48.7. The standard InChI is InChI=1S/C67H90N16O18/c1-67(2,64(90)77-55-40-50(43-81(55)5)70-63(89)61-74-52(44-82(61)6)72-56(84)17-18-57(85)76-54-39-49(42-80(54)4)69-62(88)60-68-20-21-79(60)3)41-59(87)73-53-45-83(7)65(75-53)78-58(86)19-22-92-23-24-93-25-26-94-27-28-95-29-30-96-31-32-97-33-34-98-35-36-99-37-38-100-51-15-13-48(14-16-51)71-66(91)101-46-47-11-9-8-10-12-47/h8-16,20-21,39-40,42-45H,17-19,22-38,41,46H2,1-7H3,(H,69,88)(H,70,89)(H,71,91)(H,72,84)(H,73,87)(H,76,85)(H,77,90)(H,75,78,86). The first-order valence-corrected chi connectivity index (χ1v) is 32.5. The third-order valence-corrected chi connectivity index (χ3v) is 14.5. The Hall–Kier alpha value is -10.3. The maximum atomic E-state index is 13.6. The van der Waals surface area contributed by atoms with Crippen LogP contribution in [0.1, 0.15) is 66.3 Å². The molecule has 0 fully saturated rings. The lowest BCUT2D eigenvalue weighted by Crippen LogP contribution is -2.35. The maximum absolute atomic E-state index is 13.6. The molecule has 0 aliphatic carbocycles. The summed E-state index contributed by atoms with van der Waals surface area (Å²) >= 11 is 0. The van der Waals surface area contributed by atoms with Gasteiger partial charge >= 0.3 is 6.09 Å². The quantitative estimate of drug-likeness (QED) is 0.0212. The van der Waals surface area contributed by atoms with Gasteiger partial charge in [-0.2, -0.15) is 4.98 Å². The third-order valence-electron chi connectivity index (χ3n) is 14.5. The highest BCUT2D eigenvalue weighted by molar-refractivity contribution is 6.05. The van der Waals surface area contributed by atoms with Gasteiger partial charge in [0.05, 0.1) is 129 Å². The molecule has 546 valence electrons. The predicted molar refractivity (Wildman–Crippen MR) is 370 cm³/mol. The zero-order valence-electron chi connectivity index (χ0n) is 57.8. The van der Waals surface area contributed by atoms with Crippen molar-refractivity contribution in [2.24, 2.45) is 40.7 Å². The number of hydrogen-bond donors (Lipinski definition) is 8. The third kappa shape index (κ3) is 28.1. The Bertz CT molecular complexity index is 3790. The van der Waals surface area contributed by atoms with Gasteiger partial charge in [0.15, 0.2) is 17.5 Å². The van der Waals surface area contributed by atoms with Crippen LogP contribution in [0, 0.1) is 5.41 Å². The fourth-order valence-electron chi connectivity index (χ4n) is 9.17. The van der Waals surface area contributed by atoms with Crippen LogP contribution < -0.4 is 47.3 Å². The van der Waals surface area contributed by atoms with Crippen molar-refractivity contribution in [1.29, 1.82) is 0 Å². The van der Waals surface area contributed by atoms with E-state index < -0.39 is 47.0 Å². The van der Waals surface area contributed by atoms with E-state index in [0.717, 1.165) is 5.56 Å². The van der Waals surface area contributed by atoms with Gasteiger partial charge in [-0.25, -0.2) is 14.8 Å². The predicted octanol–water partition coefficient (Wildman–Crippen LogP) is 5.71. The van der Waals surface area contributed by atoms with Crippen molar-refractivity contribution in [1.82, 2.24) is 37.8 Å². The van der Waals surface area contributed by atoms with Gasteiger partial charge in [-0.1, -0.05) is 44.2 Å². The minimum atomic E-state index is -1.22. The molecule has 0 saturated carbocycles. The molecule has 5 aromatic heterocycles. The van der Waals surface area contributed by atoms with E-state index in [-0.39, 0.29) is 80.6 Å². The zero-order valence-corrected chi connectivity index (χ0v) is 57.8. The molecular weight excluding hydrogens is 1320 g/mol. The molecule has 34 heteroatoms. The Morgan fingerprint density at radius 1 is 0.426 bits per heavy atom. The van der Waals surface area contributed by atoms with Crippen molar-refractivity contribution in [2.45, 2.75) is 46.1 Å². The van der Waals surface area contributed by atoms with Gasteiger partial charge < -0.3 is 102 Å². The maximum Gasteiger partial charge on any atom is 0.411 e. The van der Waals surface area contributed by atoms with Gasteiger partial charge in [-0.15, -0.1) is 0 Å². The van der Waals surface area contributed by atoms with Crippen molar-refractivity contribution in [3.63, 3.8) is 0 Å². The Labute approximate surface area is 583 Å². The van der Waals surface area contributed by atoms with Crippen LogP contribution in [0.3, 0.4) is 0 Å². The summed E-state index contributed by atoms with van der Waals surface area (Å²) < 4.78 is 62.9. The van der Waals surface area contributed by atoms with E-state index in [4.69, 9.17) is 47.4 Å². The largest absolute Gasteiger partial charge is 0.491 e. The smallest absolute Gasteiger partial charge is 0.411 e. The average Bonchev–Trinajstić information content (AvgIpc) is 1.70. The van der Waals surface area contributed by atoms with Crippen molar-refractivity contribution >= 4 is 93.7 Å². The number of rotatable bonds is 46. The molecular formula is C67H90N16O18. The average molecular weight is 1410 g/mol. The number of aromatic nitrogens is 8. The van der Waals surface area contributed by atoms with Crippen LogP contribution in [0.15, 0.2) is 104 Å². The highest BCUT2D eigenvalue weighted by atomic mass is 16.6. The first kappa shape index (κ1) is 78.0. The van der Waals surface area contributed by atoms with Crippen molar-refractivity contribution in [2.75, 3.05) is 155 Å². The van der Waals surface area contributed by atoms with E-state index in [0.29, 0.717) is 134 Å². The number of aryl methyl sites for hydroxylation is 5. The fourth-order valence-corrected chi connectivity index (χ4v) is 9.17. The van der Waals surface area contributed by atoms with Crippen LogP contribution in [0.5, 0.6) is 5.75 Å². The summed E-state index contributed by atoms with van der Waals surface area (Å²) in [4.78, 5) is 116. The SMILES string of the molecule is Cn1cc(NC(=O)c2nccn2C)cc1NC(=O)CCC(=O)Nc1cn(C)c(C(=O)Nc2cc(NC(=O)C(C)(C)CC(=O)Nc3cn(C)c(NC(=O)CCOCCOCCOCCOCCOCCOCCOCCOCCOc4ccc(NC(=O)OCc5ccccc5)cc4)n3)n(C)c2)n1. The number of amides is 8. The Morgan fingerprint density at radius 2 is 0.901 bits per heavy atom. The Balaban J connectivity index is 0.635. The second kappa shape index (κ2) is 41.3. The summed E-state index contributed by atoms with van der Waals surface area (Å²) in [5, 5.41) is 21.7. The molecule has 5 heterocycles. The minimum absolute atomic E-state index is 0.0383. The molecule has 7 rings (SSSR count). The second-order valence-electron chi connectivity index (χ2n) is 23.3. The van der Waals surface area contributed by atoms with E-state index in [1.54, 1.807) is 112 Å².